The predicted octanol–water partition coefficient (Wildman–Crippen LogP) is 5.66. The Morgan fingerprint density at radius 1 is 1.04 bits per heavy atom. The van der Waals surface area contributed by atoms with Crippen LogP contribution in [0.4, 0.5) is 0 Å². The molecule has 0 aliphatic heterocycles. The van der Waals surface area contributed by atoms with Gasteiger partial charge in [-0.05, 0) is 43.5 Å². The summed E-state index contributed by atoms with van der Waals surface area (Å²) >= 11 is 0. The van der Waals surface area contributed by atoms with Crippen molar-refractivity contribution in [3.63, 3.8) is 0 Å². The number of aryl methyl sites for hydroxylation is 3. The van der Waals surface area contributed by atoms with Crippen molar-refractivity contribution in [1.82, 2.24) is 4.98 Å². The molecule has 0 spiro atoms. The third-order valence-electron chi connectivity index (χ3n) is 3.80. The minimum absolute atomic E-state index is 0. The van der Waals surface area contributed by atoms with Crippen LogP contribution in [-0.2, 0) is 24.9 Å². The monoisotopic (exact) mass is 539 g/mol. The van der Waals surface area contributed by atoms with Gasteiger partial charge >= 0.3 is 0 Å². The van der Waals surface area contributed by atoms with Crippen LogP contribution in [0.1, 0.15) is 30.5 Å². The van der Waals surface area contributed by atoms with Crippen molar-refractivity contribution in [2.75, 3.05) is 0 Å². The Kier molecular flexibility index (Phi) is 8.55. The van der Waals surface area contributed by atoms with E-state index in [0.717, 1.165) is 16.8 Å². The fourth-order valence-electron chi connectivity index (χ4n) is 2.69. The molecule has 1 radical (unpaired) electrons. The molecule has 0 saturated heterocycles. The number of fused-ring (bicyclic) bond motifs is 1. The number of rotatable bonds is 2. The number of carbonyl (C=O) groups excluding carboxylic acids is 1. The Hall–Kier alpha value is -2.29. The van der Waals surface area contributed by atoms with Crippen LogP contribution >= 0.6 is 0 Å². The van der Waals surface area contributed by atoms with Gasteiger partial charge in [-0.2, -0.15) is 0 Å². The van der Waals surface area contributed by atoms with E-state index < -0.39 is 0 Å². The molecule has 1 N–H and O–H groups in total. The molecule has 0 bridgehead atoms. The summed E-state index contributed by atoms with van der Waals surface area (Å²) in [5.74, 6) is -0.0625. The average Bonchev–Trinajstić information content (AvgIpc) is 2.53. The smallest absolute Gasteiger partial charge is 0.155 e. The van der Waals surface area contributed by atoms with Gasteiger partial charge in [0.05, 0.1) is 11.3 Å². The van der Waals surface area contributed by atoms with Crippen LogP contribution in [0.15, 0.2) is 54.3 Å². The van der Waals surface area contributed by atoms with Gasteiger partial charge in [0, 0.05) is 26.2 Å². The molecule has 27 heavy (non-hydrogen) atoms. The summed E-state index contributed by atoms with van der Waals surface area (Å²) in [5, 5.41) is 9.54. The van der Waals surface area contributed by atoms with Gasteiger partial charge in [-0.15, -0.1) is 34.9 Å². The van der Waals surface area contributed by atoms with Crippen LogP contribution in [0, 0.1) is 26.8 Å². The van der Waals surface area contributed by atoms with E-state index in [1.165, 1.54) is 42.0 Å². The Bertz CT molecular complexity index is 973. The number of aliphatic hydroxyl groups excluding tert-OH is 1. The first-order valence-corrected chi connectivity index (χ1v) is 8.51. The second kappa shape index (κ2) is 10.1. The zero-order valence-electron chi connectivity index (χ0n) is 16.3. The van der Waals surface area contributed by atoms with Crippen molar-refractivity contribution in [3.05, 3.63) is 77.1 Å². The van der Waals surface area contributed by atoms with Gasteiger partial charge in [0.1, 0.15) is 0 Å². The van der Waals surface area contributed by atoms with Crippen LogP contribution in [-0.4, -0.2) is 15.9 Å². The van der Waals surface area contributed by atoms with Gasteiger partial charge in [-0.25, -0.2) is 0 Å². The molecular weight excluding hydrogens is 514 g/mol. The number of carbonyl (C=O) groups is 1. The number of pyridine rings is 1. The molecule has 0 amide bonds. The van der Waals surface area contributed by atoms with Crippen LogP contribution in [0.25, 0.3) is 22.2 Å². The second-order valence-corrected chi connectivity index (χ2v) is 6.52. The van der Waals surface area contributed by atoms with Crippen LogP contribution < -0.4 is 0 Å². The van der Waals surface area contributed by atoms with Gasteiger partial charge in [-0.3, -0.25) is 9.78 Å². The summed E-state index contributed by atoms with van der Waals surface area (Å²) in [7, 11) is 0. The number of hydrogen-bond acceptors (Lipinski definition) is 3. The fourth-order valence-corrected chi connectivity index (χ4v) is 2.69. The van der Waals surface area contributed by atoms with E-state index in [9.17, 15) is 4.79 Å². The topological polar surface area (TPSA) is 50.2 Å². The number of nitrogens with zero attached hydrogens (tertiary/aromatic N) is 1. The molecule has 0 aliphatic carbocycles. The standard InChI is InChI=1S/C18H16N.C5H8O2.Ir/c1-12-5-8-16(14(3)10-12)17-9-7-15-6-4-13(2)11-18(15)19-17;1-4(6)3-5(2)7;/h4-7,9-11H,1-3H3;3,6H,1-2H3;/q-1;;/b;4-3-;. The van der Waals surface area contributed by atoms with Gasteiger partial charge < -0.3 is 5.11 Å². The maximum absolute atomic E-state index is 10.0. The molecular formula is C23H24IrNO2-. The third kappa shape index (κ3) is 6.74. The van der Waals surface area contributed by atoms with E-state index in [0.29, 0.717) is 0 Å². The Labute approximate surface area is 174 Å². The second-order valence-electron chi connectivity index (χ2n) is 6.52. The van der Waals surface area contributed by atoms with Gasteiger partial charge in [0.2, 0.25) is 0 Å². The van der Waals surface area contributed by atoms with Gasteiger partial charge in [0.15, 0.2) is 5.78 Å². The summed E-state index contributed by atoms with van der Waals surface area (Å²) in [4.78, 5) is 14.8. The minimum Gasteiger partial charge on any atom is -0.512 e. The normalized spacial score (nSPS) is 10.6. The summed E-state index contributed by atoms with van der Waals surface area (Å²) in [6, 6.07) is 18.1. The largest absolute Gasteiger partial charge is 0.512 e. The molecule has 4 heteroatoms. The van der Waals surface area contributed by atoms with E-state index in [1.54, 1.807) is 0 Å². The molecule has 0 unspecified atom stereocenters. The van der Waals surface area contributed by atoms with E-state index in [2.05, 4.69) is 63.2 Å². The summed E-state index contributed by atoms with van der Waals surface area (Å²) in [6.07, 6.45) is 1.17. The number of benzene rings is 2. The van der Waals surface area contributed by atoms with E-state index in [-0.39, 0.29) is 31.6 Å². The number of hydrogen-bond donors (Lipinski definition) is 1. The first-order chi connectivity index (χ1) is 12.3. The number of allylic oxidation sites excluding steroid dienone is 2. The fraction of sp³-hybridized carbons (Fsp3) is 0.217. The molecule has 143 valence electrons. The SMILES string of the molecule is CC(=O)/C=C(/C)O.Cc1c[c-]c(-c2ccc3ccc(C)cc3n2)c(C)c1.[Ir]. The molecule has 3 rings (SSSR count). The van der Waals surface area contributed by atoms with Crippen molar-refractivity contribution in [2.45, 2.75) is 34.6 Å². The minimum atomic E-state index is -0.125. The van der Waals surface area contributed by atoms with Crippen LogP contribution in [0.2, 0.25) is 0 Å². The van der Waals surface area contributed by atoms with Crippen molar-refractivity contribution in [3.8, 4) is 11.3 Å². The van der Waals surface area contributed by atoms with Gasteiger partial charge in [0.25, 0.3) is 0 Å². The van der Waals surface area contributed by atoms with Crippen molar-refractivity contribution in [1.29, 1.82) is 0 Å². The Morgan fingerprint density at radius 2 is 1.70 bits per heavy atom. The van der Waals surface area contributed by atoms with E-state index in [4.69, 9.17) is 10.1 Å². The molecule has 3 nitrogen and oxygen atoms in total. The molecule has 0 saturated carbocycles. The van der Waals surface area contributed by atoms with Crippen molar-refractivity contribution in [2.24, 2.45) is 0 Å². The average molecular weight is 539 g/mol. The zero-order valence-corrected chi connectivity index (χ0v) is 18.6. The van der Waals surface area contributed by atoms with Crippen molar-refractivity contribution >= 4 is 16.7 Å². The number of aliphatic hydroxyl groups is 1. The van der Waals surface area contributed by atoms with Crippen LogP contribution in [0.5, 0.6) is 0 Å². The Balaban J connectivity index is 0.000000395. The number of ketones is 1. The Morgan fingerprint density at radius 3 is 2.26 bits per heavy atom. The molecule has 0 fully saturated rings. The third-order valence-corrected chi connectivity index (χ3v) is 3.80. The van der Waals surface area contributed by atoms with Gasteiger partial charge in [-0.1, -0.05) is 38.1 Å². The maximum atomic E-state index is 10.0. The molecule has 0 atom stereocenters. The maximum Gasteiger partial charge on any atom is 0.155 e. The van der Waals surface area contributed by atoms with Crippen molar-refractivity contribution < 1.29 is 30.0 Å². The predicted molar refractivity (Wildman–Crippen MR) is 107 cm³/mol. The summed E-state index contributed by atoms with van der Waals surface area (Å²) < 4.78 is 0. The number of aromatic nitrogens is 1. The molecule has 0 aliphatic rings. The first kappa shape index (κ1) is 22.7. The zero-order chi connectivity index (χ0) is 19.3. The molecule has 1 aromatic heterocycles. The molecule has 1 heterocycles. The van der Waals surface area contributed by atoms with E-state index >= 15 is 0 Å². The summed E-state index contributed by atoms with van der Waals surface area (Å²) in [6.45, 7) is 9.14. The first-order valence-electron chi connectivity index (χ1n) is 8.51. The molecule has 3 aromatic rings. The quantitative estimate of drug-likeness (QED) is 0.260. The van der Waals surface area contributed by atoms with Crippen LogP contribution in [0.3, 0.4) is 0 Å². The molecule has 2 aromatic carbocycles. The summed E-state index contributed by atoms with van der Waals surface area (Å²) in [5.41, 5.74) is 6.83. The van der Waals surface area contributed by atoms with E-state index in [1.807, 2.05) is 6.07 Å².